The van der Waals surface area contributed by atoms with Crippen LogP contribution in [-0.4, -0.2) is 9.55 Å². The highest BCUT2D eigenvalue weighted by Crippen LogP contribution is 2.15. The maximum Gasteiger partial charge on any atom is 0.123 e. The van der Waals surface area contributed by atoms with E-state index < -0.39 is 0 Å². The van der Waals surface area contributed by atoms with Crippen molar-refractivity contribution < 1.29 is 4.42 Å². The van der Waals surface area contributed by atoms with Gasteiger partial charge in [0.2, 0.25) is 0 Å². The van der Waals surface area contributed by atoms with Gasteiger partial charge >= 0.3 is 0 Å². The maximum atomic E-state index is 5.70. The molecule has 0 unspecified atom stereocenters. The van der Waals surface area contributed by atoms with Gasteiger partial charge in [-0.15, -0.1) is 0 Å². The summed E-state index contributed by atoms with van der Waals surface area (Å²) in [6.45, 7) is 3.63. The number of imidazole rings is 1. The first-order valence-corrected chi connectivity index (χ1v) is 7.19. The number of rotatable bonds is 6. The average Bonchev–Trinajstić information content (AvgIpc) is 3.17. The molecule has 0 bridgehead atoms. The molecule has 4 nitrogen and oxygen atoms in total. The number of hydrogen-bond acceptors (Lipinski definition) is 3. The molecule has 2 aromatic heterocycles. The van der Waals surface area contributed by atoms with Crippen LogP contribution in [0.4, 0.5) is 5.69 Å². The molecule has 0 atom stereocenters. The van der Waals surface area contributed by atoms with Crippen molar-refractivity contribution in [2.75, 3.05) is 5.32 Å². The van der Waals surface area contributed by atoms with Gasteiger partial charge in [-0.1, -0.05) is 19.1 Å². The number of anilines is 1. The van der Waals surface area contributed by atoms with Crippen LogP contribution < -0.4 is 5.32 Å². The predicted molar refractivity (Wildman–Crippen MR) is 83.2 cm³/mol. The van der Waals surface area contributed by atoms with Gasteiger partial charge in [-0.05, 0) is 29.8 Å². The summed E-state index contributed by atoms with van der Waals surface area (Å²) in [6, 6.07) is 12.5. The fourth-order valence-corrected chi connectivity index (χ4v) is 2.27. The largest absolute Gasteiger partial charge is 0.464 e. The third-order valence-corrected chi connectivity index (χ3v) is 3.38. The van der Waals surface area contributed by atoms with Crippen LogP contribution in [0.5, 0.6) is 0 Å². The summed E-state index contributed by atoms with van der Waals surface area (Å²) in [7, 11) is 0. The number of aromatic nitrogens is 2. The predicted octanol–water partition coefficient (Wildman–Crippen LogP) is 3.70. The molecule has 0 radical (unpaired) electrons. The van der Waals surface area contributed by atoms with Gasteiger partial charge in [0.1, 0.15) is 11.5 Å². The number of nitrogens with one attached hydrogen (secondary N) is 1. The Morgan fingerprint density at radius 3 is 2.86 bits per heavy atom. The van der Waals surface area contributed by atoms with Crippen molar-refractivity contribution in [2.45, 2.75) is 26.4 Å². The molecule has 0 fully saturated rings. The highest BCUT2D eigenvalue weighted by atomic mass is 16.3. The van der Waals surface area contributed by atoms with Crippen LogP contribution >= 0.6 is 0 Å². The van der Waals surface area contributed by atoms with E-state index in [2.05, 4.69) is 46.1 Å². The minimum absolute atomic E-state index is 0.703. The first-order chi connectivity index (χ1) is 10.3. The van der Waals surface area contributed by atoms with Gasteiger partial charge in [0.25, 0.3) is 0 Å². The summed E-state index contributed by atoms with van der Waals surface area (Å²) in [4.78, 5) is 4.06. The number of benzene rings is 1. The SMILES string of the molecule is CCc1ccc(CNc2cccc(Cn3ccnc3)c2)o1. The Labute approximate surface area is 124 Å². The van der Waals surface area contributed by atoms with Crippen molar-refractivity contribution in [3.8, 4) is 0 Å². The second-order valence-electron chi connectivity index (χ2n) is 5.01. The molecule has 1 aromatic carbocycles. The van der Waals surface area contributed by atoms with E-state index in [9.17, 15) is 0 Å². The topological polar surface area (TPSA) is 43.0 Å². The molecule has 21 heavy (non-hydrogen) atoms. The summed E-state index contributed by atoms with van der Waals surface area (Å²) in [5.74, 6) is 1.99. The smallest absolute Gasteiger partial charge is 0.123 e. The summed E-state index contributed by atoms with van der Waals surface area (Å²) in [6.07, 6.45) is 6.52. The molecule has 0 saturated carbocycles. The molecule has 3 rings (SSSR count). The summed E-state index contributed by atoms with van der Waals surface area (Å²) in [5.41, 5.74) is 2.34. The van der Waals surface area contributed by atoms with Crippen LogP contribution in [-0.2, 0) is 19.5 Å². The van der Waals surface area contributed by atoms with Crippen LogP contribution in [0.3, 0.4) is 0 Å². The lowest BCUT2D eigenvalue weighted by Gasteiger charge is -2.08. The standard InChI is InChI=1S/C17H19N3O/c1-2-16-6-7-17(21-16)11-19-15-5-3-4-14(10-15)12-20-9-8-18-13-20/h3-10,13,19H,2,11-12H2,1H3. The van der Waals surface area contributed by atoms with Crippen LogP contribution in [0.2, 0.25) is 0 Å². The lowest BCUT2D eigenvalue weighted by molar-refractivity contribution is 0.476. The van der Waals surface area contributed by atoms with E-state index in [4.69, 9.17) is 4.42 Å². The number of aryl methyl sites for hydroxylation is 1. The first kappa shape index (κ1) is 13.5. The van der Waals surface area contributed by atoms with Crippen LogP contribution in [0.25, 0.3) is 0 Å². The Bertz CT molecular complexity index is 686. The van der Waals surface area contributed by atoms with Crippen LogP contribution in [0, 0.1) is 0 Å². The van der Waals surface area contributed by atoms with E-state index in [0.29, 0.717) is 6.54 Å². The summed E-state index contributed by atoms with van der Waals surface area (Å²) >= 11 is 0. The normalized spacial score (nSPS) is 10.7. The molecule has 108 valence electrons. The molecule has 0 aliphatic carbocycles. The second-order valence-corrected chi connectivity index (χ2v) is 5.01. The van der Waals surface area contributed by atoms with E-state index in [1.807, 2.05) is 24.7 Å². The minimum atomic E-state index is 0.703. The van der Waals surface area contributed by atoms with Gasteiger partial charge in [0.15, 0.2) is 0 Å². The molecule has 4 heteroatoms. The fourth-order valence-electron chi connectivity index (χ4n) is 2.27. The minimum Gasteiger partial charge on any atom is -0.464 e. The lowest BCUT2D eigenvalue weighted by atomic mass is 10.2. The molecular weight excluding hydrogens is 262 g/mol. The van der Waals surface area contributed by atoms with E-state index in [-0.39, 0.29) is 0 Å². The third kappa shape index (κ3) is 3.54. The highest BCUT2D eigenvalue weighted by Gasteiger charge is 2.01. The van der Waals surface area contributed by atoms with Crippen molar-refractivity contribution in [3.63, 3.8) is 0 Å². The van der Waals surface area contributed by atoms with Gasteiger partial charge in [0, 0.05) is 31.0 Å². The molecular formula is C17H19N3O. The third-order valence-electron chi connectivity index (χ3n) is 3.38. The van der Waals surface area contributed by atoms with Crippen molar-refractivity contribution in [1.29, 1.82) is 0 Å². The van der Waals surface area contributed by atoms with Gasteiger partial charge in [-0.2, -0.15) is 0 Å². The van der Waals surface area contributed by atoms with Crippen molar-refractivity contribution in [3.05, 3.63) is 72.2 Å². The van der Waals surface area contributed by atoms with E-state index in [1.54, 1.807) is 6.20 Å². The van der Waals surface area contributed by atoms with Gasteiger partial charge in [-0.3, -0.25) is 0 Å². The number of hydrogen-bond donors (Lipinski definition) is 1. The van der Waals surface area contributed by atoms with E-state index >= 15 is 0 Å². The Kier molecular flexibility index (Phi) is 4.05. The number of furan rings is 1. The summed E-state index contributed by atoms with van der Waals surface area (Å²) in [5, 5.41) is 3.40. The van der Waals surface area contributed by atoms with Crippen molar-refractivity contribution in [1.82, 2.24) is 9.55 Å². The summed E-state index contributed by atoms with van der Waals surface area (Å²) < 4.78 is 7.75. The zero-order valence-electron chi connectivity index (χ0n) is 12.1. The Morgan fingerprint density at radius 1 is 1.19 bits per heavy atom. The zero-order valence-corrected chi connectivity index (χ0v) is 12.1. The Balaban J connectivity index is 1.63. The lowest BCUT2D eigenvalue weighted by Crippen LogP contribution is -2.00. The fraction of sp³-hybridized carbons (Fsp3) is 0.235. The Hall–Kier alpha value is -2.49. The quantitative estimate of drug-likeness (QED) is 0.749. The van der Waals surface area contributed by atoms with Crippen LogP contribution in [0.15, 0.2) is 59.5 Å². The number of nitrogens with zero attached hydrogens (tertiary/aromatic N) is 2. The monoisotopic (exact) mass is 281 g/mol. The maximum absolute atomic E-state index is 5.70. The van der Waals surface area contributed by atoms with Gasteiger partial charge in [-0.25, -0.2) is 4.98 Å². The van der Waals surface area contributed by atoms with Crippen molar-refractivity contribution in [2.24, 2.45) is 0 Å². The average molecular weight is 281 g/mol. The van der Waals surface area contributed by atoms with Gasteiger partial charge in [0.05, 0.1) is 12.9 Å². The molecule has 2 heterocycles. The van der Waals surface area contributed by atoms with Crippen molar-refractivity contribution >= 4 is 5.69 Å². The molecule has 1 N–H and O–H groups in total. The molecule has 0 aliphatic heterocycles. The zero-order chi connectivity index (χ0) is 14.5. The van der Waals surface area contributed by atoms with Gasteiger partial charge < -0.3 is 14.3 Å². The molecule has 0 amide bonds. The molecule has 3 aromatic rings. The molecule has 0 aliphatic rings. The Morgan fingerprint density at radius 2 is 2.10 bits per heavy atom. The van der Waals surface area contributed by atoms with E-state index in [0.717, 1.165) is 30.2 Å². The van der Waals surface area contributed by atoms with Crippen LogP contribution in [0.1, 0.15) is 24.0 Å². The molecule has 0 spiro atoms. The highest BCUT2D eigenvalue weighted by molar-refractivity contribution is 5.46. The second kappa shape index (κ2) is 6.31. The first-order valence-electron chi connectivity index (χ1n) is 7.19. The molecule has 0 saturated heterocycles. The van der Waals surface area contributed by atoms with E-state index in [1.165, 1.54) is 5.56 Å².